The molecule has 1 aromatic rings. The van der Waals surface area contributed by atoms with Crippen LogP contribution in [0, 0.1) is 0 Å². The van der Waals surface area contributed by atoms with Crippen molar-refractivity contribution in [2.24, 2.45) is 27.2 Å². The van der Waals surface area contributed by atoms with Crippen molar-refractivity contribution in [1.82, 2.24) is 0 Å². The number of nitrogens with zero attached hydrogens (tertiary/aromatic N) is 2. The second kappa shape index (κ2) is 9.99. The minimum atomic E-state index is -0.122. The topological polar surface area (TPSA) is 121 Å². The number of hydrogen-bond acceptors (Lipinski definition) is 3. The van der Waals surface area contributed by atoms with Gasteiger partial charge in [0.2, 0.25) is 5.96 Å². The van der Waals surface area contributed by atoms with Crippen LogP contribution >= 0.6 is 24.8 Å². The van der Waals surface area contributed by atoms with E-state index in [0.717, 1.165) is 5.56 Å². The molecule has 6 N–H and O–H groups in total. The molecule has 114 valence electrons. The van der Waals surface area contributed by atoms with E-state index in [1.54, 1.807) is 20.3 Å². The van der Waals surface area contributed by atoms with Gasteiger partial charge in [-0.15, -0.1) is 24.8 Å². The highest BCUT2D eigenvalue weighted by Crippen LogP contribution is 2.27. The van der Waals surface area contributed by atoms with Gasteiger partial charge >= 0.3 is 0 Å². The zero-order valence-corrected chi connectivity index (χ0v) is 12.8. The Balaban J connectivity index is 0. The maximum atomic E-state index is 5.50. The van der Waals surface area contributed by atoms with Gasteiger partial charge in [-0.3, -0.25) is 0 Å². The van der Waals surface area contributed by atoms with Gasteiger partial charge in [-0.1, -0.05) is 6.07 Å². The van der Waals surface area contributed by atoms with E-state index in [-0.39, 0.29) is 36.7 Å². The second-order valence-corrected chi connectivity index (χ2v) is 3.40. The SMILES string of the molecule is COc1ccc(CN=C(N)N=C(N)N)cc1OC.Cl.Cl. The molecule has 0 bridgehead atoms. The lowest BCUT2D eigenvalue weighted by molar-refractivity contribution is 0.354. The zero-order chi connectivity index (χ0) is 13.5. The van der Waals surface area contributed by atoms with Crippen LogP contribution in [0.3, 0.4) is 0 Å². The van der Waals surface area contributed by atoms with Crippen molar-refractivity contribution < 1.29 is 9.47 Å². The maximum absolute atomic E-state index is 5.50. The number of hydrogen-bond donors (Lipinski definition) is 3. The van der Waals surface area contributed by atoms with Gasteiger partial charge in [-0.2, -0.15) is 4.99 Å². The third kappa shape index (κ3) is 6.35. The molecule has 0 aliphatic carbocycles. The summed E-state index contributed by atoms with van der Waals surface area (Å²) in [6, 6.07) is 5.46. The lowest BCUT2D eigenvalue weighted by atomic mass is 10.2. The minimum Gasteiger partial charge on any atom is -0.493 e. The molecule has 0 atom stereocenters. The summed E-state index contributed by atoms with van der Waals surface area (Å²) in [6.45, 7) is 0.350. The number of rotatable bonds is 4. The molecular formula is C11H19Cl2N5O2. The first-order valence-corrected chi connectivity index (χ1v) is 5.17. The monoisotopic (exact) mass is 323 g/mol. The molecule has 7 nitrogen and oxygen atoms in total. The highest BCUT2D eigenvalue weighted by molar-refractivity contribution is 5.92. The van der Waals surface area contributed by atoms with E-state index in [1.165, 1.54) is 0 Å². The van der Waals surface area contributed by atoms with E-state index in [2.05, 4.69) is 9.98 Å². The smallest absolute Gasteiger partial charge is 0.218 e. The van der Waals surface area contributed by atoms with Crippen molar-refractivity contribution in [3.8, 4) is 11.5 Å². The quantitative estimate of drug-likeness (QED) is 0.554. The van der Waals surface area contributed by atoms with Crippen LogP contribution in [0.1, 0.15) is 5.56 Å². The molecule has 0 fully saturated rings. The molecule has 1 aromatic carbocycles. The van der Waals surface area contributed by atoms with Gasteiger partial charge < -0.3 is 26.7 Å². The number of halogens is 2. The van der Waals surface area contributed by atoms with Crippen molar-refractivity contribution in [3.05, 3.63) is 23.8 Å². The summed E-state index contributed by atoms with van der Waals surface area (Å²) in [5.41, 5.74) is 16.8. The Morgan fingerprint density at radius 1 is 1.05 bits per heavy atom. The summed E-state index contributed by atoms with van der Waals surface area (Å²) >= 11 is 0. The van der Waals surface area contributed by atoms with Crippen LogP contribution in [-0.4, -0.2) is 26.1 Å². The third-order valence-electron chi connectivity index (χ3n) is 2.12. The third-order valence-corrected chi connectivity index (χ3v) is 2.12. The van der Waals surface area contributed by atoms with Crippen LogP contribution in [0.25, 0.3) is 0 Å². The Labute approximate surface area is 130 Å². The molecular weight excluding hydrogens is 305 g/mol. The fourth-order valence-corrected chi connectivity index (χ4v) is 1.32. The molecule has 0 aromatic heterocycles. The summed E-state index contributed by atoms with van der Waals surface area (Å²) < 4.78 is 10.3. The van der Waals surface area contributed by atoms with Crippen LogP contribution < -0.4 is 26.7 Å². The zero-order valence-electron chi connectivity index (χ0n) is 11.2. The molecule has 0 saturated heterocycles. The van der Waals surface area contributed by atoms with E-state index in [1.807, 2.05) is 12.1 Å². The largest absolute Gasteiger partial charge is 0.493 e. The predicted octanol–water partition coefficient (Wildman–Crippen LogP) is 0.636. The van der Waals surface area contributed by atoms with E-state index in [0.29, 0.717) is 18.0 Å². The van der Waals surface area contributed by atoms with Gasteiger partial charge in [0, 0.05) is 0 Å². The Hall–Kier alpha value is -1.86. The average molecular weight is 324 g/mol. The lowest BCUT2D eigenvalue weighted by Crippen LogP contribution is -2.26. The minimum absolute atomic E-state index is 0. The lowest BCUT2D eigenvalue weighted by Gasteiger charge is -2.08. The first kappa shape index (κ1) is 20.5. The first-order chi connectivity index (χ1) is 8.56. The molecule has 0 unspecified atom stereocenters. The van der Waals surface area contributed by atoms with Crippen LogP contribution in [0.15, 0.2) is 28.2 Å². The standard InChI is InChI=1S/C11H17N5O2.2ClH/c1-17-8-4-3-7(5-9(8)18-2)6-15-11(14)16-10(12)13;;/h3-5H,6H2,1-2H3,(H6,12,13,14,15,16);2*1H. The molecule has 1 rings (SSSR count). The van der Waals surface area contributed by atoms with Gasteiger partial charge in [-0.25, -0.2) is 4.99 Å². The number of guanidine groups is 2. The summed E-state index contributed by atoms with van der Waals surface area (Å²) in [7, 11) is 3.14. The summed E-state index contributed by atoms with van der Waals surface area (Å²) in [6.07, 6.45) is 0. The number of ether oxygens (including phenoxy) is 2. The van der Waals surface area contributed by atoms with Crippen molar-refractivity contribution in [3.63, 3.8) is 0 Å². The predicted molar refractivity (Wildman–Crippen MR) is 85.2 cm³/mol. The molecule has 9 heteroatoms. The molecule has 0 amide bonds. The number of nitrogens with two attached hydrogens (primary N) is 3. The van der Waals surface area contributed by atoms with Crippen LogP contribution in [0.5, 0.6) is 11.5 Å². The van der Waals surface area contributed by atoms with Crippen LogP contribution in [-0.2, 0) is 6.54 Å². The average Bonchev–Trinajstić information content (AvgIpc) is 2.35. The van der Waals surface area contributed by atoms with Gasteiger partial charge in [0.1, 0.15) is 0 Å². The van der Waals surface area contributed by atoms with Crippen molar-refractivity contribution in [2.75, 3.05) is 14.2 Å². The van der Waals surface area contributed by atoms with Crippen LogP contribution in [0.4, 0.5) is 0 Å². The van der Waals surface area contributed by atoms with Gasteiger partial charge in [0.15, 0.2) is 17.5 Å². The van der Waals surface area contributed by atoms with Crippen molar-refractivity contribution >= 4 is 36.7 Å². The van der Waals surface area contributed by atoms with Crippen LogP contribution in [0.2, 0.25) is 0 Å². The highest BCUT2D eigenvalue weighted by atomic mass is 35.5. The maximum Gasteiger partial charge on any atom is 0.218 e. The summed E-state index contributed by atoms with van der Waals surface area (Å²) in [4.78, 5) is 7.63. The first-order valence-electron chi connectivity index (χ1n) is 5.17. The van der Waals surface area contributed by atoms with Gasteiger partial charge in [0.05, 0.1) is 20.8 Å². The Bertz CT molecular complexity index is 476. The van der Waals surface area contributed by atoms with Gasteiger partial charge in [0.25, 0.3) is 0 Å². The molecule has 0 heterocycles. The molecule has 0 aliphatic rings. The molecule has 0 spiro atoms. The fraction of sp³-hybridized carbons (Fsp3) is 0.273. The van der Waals surface area contributed by atoms with Crippen molar-refractivity contribution in [2.45, 2.75) is 6.54 Å². The molecule has 0 radical (unpaired) electrons. The molecule has 0 saturated carbocycles. The number of aliphatic imine (C=N–C) groups is 2. The Morgan fingerprint density at radius 3 is 2.15 bits per heavy atom. The fourth-order valence-electron chi connectivity index (χ4n) is 1.32. The van der Waals surface area contributed by atoms with E-state index >= 15 is 0 Å². The van der Waals surface area contributed by atoms with Crippen molar-refractivity contribution in [1.29, 1.82) is 0 Å². The summed E-state index contributed by atoms with van der Waals surface area (Å²) in [5, 5.41) is 0. The summed E-state index contributed by atoms with van der Waals surface area (Å²) in [5.74, 6) is 1.20. The second-order valence-electron chi connectivity index (χ2n) is 3.40. The molecule has 20 heavy (non-hydrogen) atoms. The van der Waals surface area contributed by atoms with E-state index in [4.69, 9.17) is 26.7 Å². The van der Waals surface area contributed by atoms with Gasteiger partial charge in [-0.05, 0) is 17.7 Å². The Kier molecular flexibility index (Phi) is 10.2. The number of benzene rings is 1. The van der Waals surface area contributed by atoms with E-state index < -0.39 is 0 Å². The van der Waals surface area contributed by atoms with E-state index in [9.17, 15) is 0 Å². The number of methoxy groups -OCH3 is 2. The molecule has 0 aliphatic heterocycles. The highest BCUT2D eigenvalue weighted by Gasteiger charge is 2.04. The Morgan fingerprint density at radius 2 is 1.65 bits per heavy atom. The normalized spacial score (nSPS) is 9.80.